The monoisotopic (exact) mass is 654 g/mol. The summed E-state index contributed by atoms with van der Waals surface area (Å²) in [5, 5.41) is 18.1. The molecule has 3 aromatic carbocycles. The van der Waals surface area contributed by atoms with E-state index < -0.39 is 35.0 Å². The van der Waals surface area contributed by atoms with Gasteiger partial charge in [0.05, 0.1) is 21.2 Å². The first-order valence-electron chi connectivity index (χ1n) is 9.39. The number of amidine groups is 1. The third-order valence-electron chi connectivity index (χ3n) is 4.74. The van der Waals surface area contributed by atoms with E-state index in [0.29, 0.717) is 17.4 Å². The van der Waals surface area contributed by atoms with Crippen LogP contribution < -0.4 is 45.2 Å². The van der Waals surface area contributed by atoms with Gasteiger partial charge in [-0.15, -0.1) is 5.10 Å². The molecule has 0 bridgehead atoms. The van der Waals surface area contributed by atoms with Gasteiger partial charge in [-0.05, 0) is 77.2 Å². The summed E-state index contributed by atoms with van der Waals surface area (Å²) < 4.78 is 67.0. The zero-order valence-corrected chi connectivity index (χ0v) is 24.0. The van der Waals surface area contributed by atoms with Crippen molar-refractivity contribution in [1.82, 2.24) is 5.43 Å². The van der Waals surface area contributed by atoms with E-state index in [1.165, 1.54) is 34.5 Å². The second-order valence-electron chi connectivity index (χ2n) is 7.02. The molecule has 4 rings (SSSR count). The Morgan fingerprint density at radius 3 is 2.00 bits per heavy atom. The van der Waals surface area contributed by atoms with Crippen molar-refractivity contribution in [3.8, 4) is 0 Å². The van der Waals surface area contributed by atoms with Crippen LogP contribution >= 0.6 is 22.6 Å². The molecule has 0 aliphatic carbocycles. The van der Waals surface area contributed by atoms with Crippen molar-refractivity contribution in [2.75, 3.05) is 10.2 Å². The van der Waals surface area contributed by atoms with Crippen molar-refractivity contribution in [1.29, 1.82) is 0 Å². The van der Waals surface area contributed by atoms with Gasteiger partial charge in [0.1, 0.15) is 4.90 Å². The molecule has 0 spiro atoms. The van der Waals surface area contributed by atoms with E-state index in [0.717, 1.165) is 15.7 Å². The molecule has 0 atom stereocenters. The van der Waals surface area contributed by atoms with Crippen LogP contribution in [0.1, 0.15) is 5.56 Å². The molecule has 0 fully saturated rings. The number of hydrazine groups is 2. The van der Waals surface area contributed by atoms with Crippen LogP contribution in [0.3, 0.4) is 0 Å². The molecule has 0 aromatic heterocycles. The first kappa shape index (κ1) is 28.3. The molecule has 13 nitrogen and oxygen atoms in total. The quantitative estimate of drug-likeness (QED) is 0.105. The third kappa shape index (κ3) is 5.97. The molecule has 0 saturated heterocycles. The van der Waals surface area contributed by atoms with Gasteiger partial charge in [-0.25, -0.2) is 0 Å². The molecule has 0 amide bonds. The van der Waals surface area contributed by atoms with Crippen LogP contribution in [0.15, 0.2) is 81.6 Å². The number of nitrogens with zero attached hydrogens (tertiary/aromatic N) is 4. The average Bonchev–Trinajstić information content (AvgIpc) is 3.23. The van der Waals surface area contributed by atoms with Crippen LogP contribution in [0.5, 0.6) is 0 Å². The first-order chi connectivity index (χ1) is 16.3. The number of benzene rings is 3. The Bertz CT molecular complexity index is 1570. The predicted molar refractivity (Wildman–Crippen MR) is 133 cm³/mol. The summed E-state index contributed by atoms with van der Waals surface area (Å²) >= 11 is 2.11. The zero-order valence-electron chi connectivity index (χ0n) is 18.2. The van der Waals surface area contributed by atoms with Crippen LogP contribution in [-0.2, 0) is 20.2 Å². The molecule has 36 heavy (non-hydrogen) atoms. The van der Waals surface area contributed by atoms with Gasteiger partial charge < -0.3 is 0 Å². The molecular weight excluding hydrogens is 640 g/mol. The second-order valence-corrected chi connectivity index (χ2v) is 11.1. The minimum Gasteiger partial charge on any atom is -0.282 e. The fourth-order valence-electron chi connectivity index (χ4n) is 3.13. The molecule has 0 saturated carbocycles. The Balaban J connectivity index is 0.00000361. The SMILES string of the molecule is O=[N+]([O-])c1ccc(N2NC(c3ccc(S(=O)(=O)O)cc3S(=O)(=O)O)=NN2c2ccc(I)cc2)cc1.[Na+]. The molecule has 1 aliphatic heterocycles. The summed E-state index contributed by atoms with van der Waals surface area (Å²) in [5.74, 6) is -0.101. The maximum absolute atomic E-state index is 12.0. The number of hydrogen-bond acceptors (Lipinski definition) is 10. The second kappa shape index (κ2) is 10.6. The smallest absolute Gasteiger partial charge is 0.282 e. The number of nitro groups is 1. The van der Waals surface area contributed by atoms with Gasteiger partial charge in [-0.2, -0.15) is 27.1 Å². The molecule has 0 unspecified atom stereocenters. The van der Waals surface area contributed by atoms with Gasteiger partial charge in [0.25, 0.3) is 25.9 Å². The molecule has 17 heteroatoms. The Morgan fingerprint density at radius 1 is 0.889 bits per heavy atom. The van der Waals surface area contributed by atoms with Crippen LogP contribution in [0, 0.1) is 13.7 Å². The fourth-order valence-corrected chi connectivity index (χ4v) is 4.79. The van der Waals surface area contributed by atoms with Crippen LogP contribution in [0.2, 0.25) is 0 Å². The van der Waals surface area contributed by atoms with Crippen molar-refractivity contribution in [3.63, 3.8) is 0 Å². The van der Waals surface area contributed by atoms with E-state index in [2.05, 4.69) is 33.1 Å². The molecule has 1 aliphatic rings. The number of nitrogens with one attached hydrogen (secondary N) is 1. The van der Waals surface area contributed by atoms with E-state index in [1.54, 1.807) is 24.3 Å². The fraction of sp³-hybridized carbons (Fsp3) is 0. The normalized spacial score (nSPS) is 13.6. The molecule has 1 heterocycles. The first-order valence-corrected chi connectivity index (χ1v) is 13.4. The Kier molecular flexibility index (Phi) is 8.30. The molecule has 3 N–H and O–H groups in total. The topological polar surface area (TPSA) is 183 Å². The Morgan fingerprint density at radius 2 is 1.47 bits per heavy atom. The van der Waals surface area contributed by atoms with Crippen molar-refractivity contribution in [2.45, 2.75) is 9.79 Å². The van der Waals surface area contributed by atoms with E-state index >= 15 is 0 Å². The number of hydrazone groups is 1. The molecule has 0 radical (unpaired) electrons. The van der Waals surface area contributed by atoms with Crippen LogP contribution in [0.25, 0.3) is 0 Å². The number of hydrogen-bond donors (Lipinski definition) is 3. The van der Waals surface area contributed by atoms with Gasteiger partial charge in [-0.1, -0.05) is 0 Å². The summed E-state index contributed by atoms with van der Waals surface area (Å²) in [6.45, 7) is 0. The number of anilines is 2. The molecule has 3 aromatic rings. The third-order valence-corrected chi connectivity index (χ3v) is 7.20. The van der Waals surface area contributed by atoms with Gasteiger partial charge in [-0.3, -0.25) is 24.6 Å². The zero-order chi connectivity index (χ0) is 25.5. The number of rotatable bonds is 6. The standard InChI is InChI=1S/C19H14IN5O8S2.Na/c20-12-1-3-13(4-2-12)23-21-19(22-24(23)14-5-7-15(8-6-14)25(26)27)17-10-9-16(34(28,29)30)11-18(17)35(31,32)33;/h1-11H,(H,21,22)(H,28,29,30)(H,31,32,33);/q;+1. The Hall–Kier alpha value is -2.32. The largest absolute Gasteiger partial charge is 1.00 e. The van der Waals surface area contributed by atoms with Gasteiger partial charge >= 0.3 is 29.6 Å². The van der Waals surface area contributed by atoms with E-state index in [-0.39, 0.29) is 46.6 Å². The predicted octanol–water partition coefficient (Wildman–Crippen LogP) is -0.195. The van der Waals surface area contributed by atoms with Gasteiger partial charge in [0, 0.05) is 21.3 Å². The minimum atomic E-state index is -4.95. The van der Waals surface area contributed by atoms with Gasteiger partial charge in [0.2, 0.25) is 0 Å². The van der Waals surface area contributed by atoms with Crippen molar-refractivity contribution in [2.24, 2.45) is 5.10 Å². The summed E-state index contributed by atoms with van der Waals surface area (Å²) in [4.78, 5) is 8.90. The maximum Gasteiger partial charge on any atom is 1.00 e. The van der Waals surface area contributed by atoms with Crippen LogP contribution in [0.4, 0.5) is 17.1 Å². The van der Waals surface area contributed by atoms with E-state index in [1.807, 2.05) is 0 Å². The van der Waals surface area contributed by atoms with E-state index in [9.17, 15) is 36.1 Å². The Labute approximate surface area is 240 Å². The summed E-state index contributed by atoms with van der Waals surface area (Å²) in [5.41, 5.74) is 3.42. The number of nitro benzene ring substituents is 1. The maximum atomic E-state index is 12.0. The molecular formula is C19H14IN5NaO8S2+. The summed E-state index contributed by atoms with van der Waals surface area (Å²) in [6.07, 6.45) is 0. The average molecular weight is 654 g/mol. The minimum absolute atomic E-state index is 0. The van der Waals surface area contributed by atoms with Crippen molar-refractivity contribution >= 4 is 65.7 Å². The summed E-state index contributed by atoms with van der Waals surface area (Å²) in [6, 6.07) is 15.1. The van der Waals surface area contributed by atoms with Gasteiger partial charge in [0.15, 0.2) is 5.84 Å². The van der Waals surface area contributed by atoms with Crippen molar-refractivity contribution in [3.05, 3.63) is 86.0 Å². The van der Waals surface area contributed by atoms with Crippen molar-refractivity contribution < 1.29 is 60.4 Å². The number of halogens is 1. The summed E-state index contributed by atoms with van der Waals surface area (Å²) in [7, 11) is -9.71. The molecule has 182 valence electrons. The van der Waals surface area contributed by atoms with E-state index in [4.69, 9.17) is 0 Å². The van der Waals surface area contributed by atoms with Crippen LogP contribution in [-0.4, -0.2) is 36.7 Å². The number of non-ortho nitro benzene ring substituents is 1.